The summed E-state index contributed by atoms with van der Waals surface area (Å²) in [5, 5.41) is 26.7. The number of fused-ring (bicyclic) bond motifs is 21. The van der Waals surface area contributed by atoms with E-state index in [0.29, 0.717) is 41.5 Å². The first-order valence-corrected chi connectivity index (χ1v) is 29.8. The number of methoxy groups -OCH3 is 4. The van der Waals surface area contributed by atoms with Crippen molar-refractivity contribution in [2.75, 3.05) is 93.9 Å². The van der Waals surface area contributed by atoms with Crippen LogP contribution in [0.4, 0.5) is 4.79 Å². The Balaban J connectivity index is 1.34. The predicted molar refractivity (Wildman–Crippen MR) is 332 cm³/mol. The fraction of sp³-hybridized carbons (Fsp3) is 0.400. The van der Waals surface area contributed by atoms with Gasteiger partial charge in [0.15, 0.2) is 0 Å². The zero-order valence-corrected chi connectivity index (χ0v) is 51.8. The van der Waals surface area contributed by atoms with E-state index in [0.717, 1.165) is 0 Å². The van der Waals surface area contributed by atoms with Gasteiger partial charge in [-0.2, -0.15) is 0 Å². The van der Waals surface area contributed by atoms with Crippen molar-refractivity contribution in [3.05, 3.63) is 152 Å². The van der Waals surface area contributed by atoms with Crippen molar-refractivity contribution in [1.29, 1.82) is 0 Å². The molecule has 1 unspecified atom stereocenters. The quantitative estimate of drug-likeness (QED) is 0.0940. The maximum absolute atomic E-state index is 14.5. The molecule has 4 aliphatic rings. The number of alkyl carbamates (subject to hydrolysis) is 1. The third-order valence-electron chi connectivity index (χ3n) is 15.5. The number of carbonyl (C=O) groups excluding carboxylic acids is 9. The normalized spacial score (nSPS) is 18.4. The monoisotopic (exact) mass is 1240 g/mol. The molecule has 478 valence electrons. The van der Waals surface area contributed by atoms with Crippen molar-refractivity contribution < 1.29 is 66.8 Å². The number of benzene rings is 5. The van der Waals surface area contributed by atoms with Gasteiger partial charge in [0.1, 0.15) is 28.6 Å². The molecule has 25 nitrogen and oxygen atoms in total. The number of hydrogen-bond donors (Lipinski definition) is 9. The summed E-state index contributed by atoms with van der Waals surface area (Å²) in [7, 11) is 5.42. The fourth-order valence-electron chi connectivity index (χ4n) is 11.1. The molecule has 9 amide bonds. The van der Waals surface area contributed by atoms with Crippen LogP contribution >= 0.6 is 0 Å². The van der Waals surface area contributed by atoms with E-state index in [9.17, 15) is 43.2 Å². The minimum absolute atomic E-state index is 0.00257. The lowest BCUT2D eigenvalue weighted by Gasteiger charge is -2.36. The zero-order valence-electron chi connectivity index (χ0n) is 51.8. The van der Waals surface area contributed by atoms with Crippen LogP contribution < -0.4 is 66.8 Å². The van der Waals surface area contributed by atoms with E-state index in [4.69, 9.17) is 23.7 Å². The van der Waals surface area contributed by atoms with E-state index in [1.165, 1.54) is 52.7 Å². The molecule has 0 fully saturated rings. The van der Waals surface area contributed by atoms with Crippen LogP contribution in [0, 0.1) is 0 Å². The summed E-state index contributed by atoms with van der Waals surface area (Å²) in [5.41, 5.74) is 1.52. The minimum atomic E-state index is -0.722. The van der Waals surface area contributed by atoms with Crippen LogP contribution in [-0.4, -0.2) is 169 Å². The smallest absolute Gasteiger partial charge is 0.407 e. The van der Waals surface area contributed by atoms with Gasteiger partial charge in [-0.25, -0.2) is 4.79 Å². The van der Waals surface area contributed by atoms with Gasteiger partial charge in [0.05, 0.1) is 72.9 Å². The number of amides is 9. The molecular weight excluding hydrogens is 1160 g/mol. The number of unbranched alkanes of at least 4 members (excludes halogenated alkanes) is 1. The second-order valence-electron chi connectivity index (χ2n) is 22.6. The van der Waals surface area contributed by atoms with Crippen molar-refractivity contribution >= 4 is 53.4 Å². The number of nitrogens with one attached hydrogen (secondary N) is 9. The fourth-order valence-corrected chi connectivity index (χ4v) is 11.1. The molecule has 5 aromatic carbocycles. The molecule has 0 aromatic heterocycles. The highest BCUT2D eigenvalue weighted by atomic mass is 16.6. The maximum Gasteiger partial charge on any atom is 0.407 e. The number of nitrogens with zero attached hydrogens (tertiary/aromatic N) is 2. The van der Waals surface area contributed by atoms with Gasteiger partial charge in [-0.05, 0) is 104 Å². The first kappa shape index (κ1) is 66.2. The highest BCUT2D eigenvalue weighted by Gasteiger charge is 2.29. The SMILES string of the molecule is COc1c2cccc1C(=O)NCc1cc3c4cc1CNC(=O)c1cccc(c1OC)C(=O)NCCN(CCNC(=O)c1cccc(c1OC)C(=O)NC4)C(CCCCNC(=O)OC(C)(C)C)CN(CCNC2=O)CCNC(=O)c1cccc(c1OC)C(=O)NC3. The van der Waals surface area contributed by atoms with E-state index in [-0.39, 0.29) is 159 Å². The van der Waals surface area contributed by atoms with Gasteiger partial charge in [0, 0.05) is 97.7 Å². The summed E-state index contributed by atoms with van der Waals surface area (Å²) in [4.78, 5) is 132. The largest absolute Gasteiger partial charge is 0.495 e. The lowest BCUT2D eigenvalue weighted by molar-refractivity contribution is 0.0524. The third kappa shape index (κ3) is 16.7. The molecule has 0 aliphatic carbocycles. The van der Waals surface area contributed by atoms with Crippen LogP contribution in [0.25, 0.3) is 0 Å². The standard InChI is InChI=1S/C65H79N11O14/c1-65(2,3)90-64(85)70-23-9-8-14-43-38-75-28-24-66-56(77)44-15-10-19-48(52(44)86-4)60(81)71-34-39-32-40(35-72-61(82)49-20-11-16-45(53(49)87-5)57(78)67-25-29-75)42-33-41(39)36-73-62(83)50-21-12-17-46(54(50)88-6)58(79)68-26-30-76(43)31-27-69-59(80)47-18-13-22-51(55(47)89-7)63(84)74-37-42/h10-13,15-22,32-33,43H,8-9,14,23-31,34-38H2,1-7H3,(H,66,77)(H,67,78)(H,68,79)(H,69,80)(H,70,85)(H,71,81)(H,72,82)(H,73,83)(H,74,84). The second-order valence-corrected chi connectivity index (χ2v) is 22.6. The Bertz CT molecular complexity index is 3320. The molecule has 1 atom stereocenters. The number of hydrogen-bond acceptors (Lipinski definition) is 16. The zero-order chi connectivity index (χ0) is 64.5. The lowest BCUT2D eigenvalue weighted by atomic mass is 9.96. The summed E-state index contributed by atoms with van der Waals surface area (Å²) in [6, 6.07) is 21.5. The molecular formula is C65H79N11O14. The van der Waals surface area contributed by atoms with Crippen molar-refractivity contribution in [2.45, 2.75) is 77.9 Å². The summed E-state index contributed by atoms with van der Waals surface area (Å²) in [6.45, 7) is 6.13. The Hall–Kier alpha value is -9.75. The van der Waals surface area contributed by atoms with E-state index in [1.807, 2.05) is 4.90 Å². The van der Waals surface area contributed by atoms with Crippen LogP contribution in [0.15, 0.2) is 84.9 Å². The lowest BCUT2D eigenvalue weighted by Crippen LogP contribution is -2.51. The van der Waals surface area contributed by atoms with Crippen LogP contribution in [-0.2, 0) is 30.9 Å². The number of para-hydroxylation sites is 4. The second kappa shape index (κ2) is 30.9. The van der Waals surface area contributed by atoms with E-state index < -0.39 is 65.0 Å². The summed E-state index contributed by atoms with van der Waals surface area (Å²) >= 11 is 0. The maximum atomic E-state index is 14.5. The molecule has 5 aromatic rings. The molecule has 0 saturated heterocycles. The van der Waals surface area contributed by atoms with E-state index >= 15 is 0 Å². The molecule has 14 bridgehead atoms. The topological polar surface area (TPSA) is 315 Å². The molecule has 4 aliphatic heterocycles. The van der Waals surface area contributed by atoms with Crippen LogP contribution in [0.2, 0.25) is 0 Å². The van der Waals surface area contributed by atoms with Crippen molar-refractivity contribution in [3.63, 3.8) is 0 Å². The molecule has 0 radical (unpaired) electrons. The molecule has 90 heavy (non-hydrogen) atoms. The predicted octanol–water partition coefficient (Wildman–Crippen LogP) is 4.07. The van der Waals surface area contributed by atoms with Crippen LogP contribution in [0.5, 0.6) is 23.0 Å². The molecule has 9 N–H and O–H groups in total. The van der Waals surface area contributed by atoms with E-state index in [1.54, 1.807) is 81.4 Å². The molecule has 4 heterocycles. The highest BCUT2D eigenvalue weighted by molar-refractivity contribution is 6.07. The number of ether oxygens (including phenoxy) is 5. The minimum Gasteiger partial charge on any atom is -0.495 e. The van der Waals surface area contributed by atoms with Gasteiger partial charge >= 0.3 is 6.09 Å². The summed E-state index contributed by atoms with van der Waals surface area (Å²) in [6.07, 6.45) is 0.977. The van der Waals surface area contributed by atoms with Crippen molar-refractivity contribution in [3.8, 4) is 23.0 Å². The Morgan fingerprint density at radius 2 is 0.733 bits per heavy atom. The number of rotatable bonds is 9. The first-order chi connectivity index (χ1) is 43.3. The van der Waals surface area contributed by atoms with Crippen molar-refractivity contribution in [1.82, 2.24) is 57.7 Å². The average molecular weight is 1240 g/mol. The Labute approximate surface area is 522 Å². The first-order valence-electron chi connectivity index (χ1n) is 29.8. The molecule has 9 rings (SSSR count). The van der Waals surface area contributed by atoms with Gasteiger partial charge in [0.2, 0.25) is 0 Å². The summed E-state index contributed by atoms with van der Waals surface area (Å²) in [5.74, 6) is -4.62. The number of carbonyl (C=O) groups is 9. The summed E-state index contributed by atoms with van der Waals surface area (Å²) < 4.78 is 28.7. The van der Waals surface area contributed by atoms with Crippen LogP contribution in [0.3, 0.4) is 0 Å². The molecule has 0 saturated carbocycles. The van der Waals surface area contributed by atoms with Gasteiger partial charge in [-0.15, -0.1) is 0 Å². The molecule has 25 heteroatoms. The molecule has 0 spiro atoms. The van der Waals surface area contributed by atoms with Crippen LogP contribution in [0.1, 0.15) is 145 Å². The Morgan fingerprint density at radius 3 is 1.02 bits per heavy atom. The van der Waals surface area contributed by atoms with Gasteiger partial charge in [-0.3, -0.25) is 48.2 Å². The highest BCUT2D eigenvalue weighted by Crippen LogP contribution is 2.30. The van der Waals surface area contributed by atoms with Crippen molar-refractivity contribution in [2.24, 2.45) is 0 Å². The van der Waals surface area contributed by atoms with Gasteiger partial charge < -0.3 is 71.5 Å². The van der Waals surface area contributed by atoms with Gasteiger partial charge in [-0.1, -0.05) is 42.8 Å². The average Bonchev–Trinajstić information content (AvgIpc) is 1.09. The third-order valence-corrected chi connectivity index (χ3v) is 15.5. The van der Waals surface area contributed by atoms with E-state index in [2.05, 4.69) is 52.8 Å². The van der Waals surface area contributed by atoms with Gasteiger partial charge in [0.25, 0.3) is 47.3 Å². The Morgan fingerprint density at radius 1 is 0.444 bits per heavy atom. The Kier molecular flexibility index (Phi) is 22.8.